The summed E-state index contributed by atoms with van der Waals surface area (Å²) < 4.78 is 0. The van der Waals surface area contributed by atoms with Crippen LogP contribution in [-0.4, -0.2) is 5.24 Å². The van der Waals surface area contributed by atoms with E-state index >= 15 is 0 Å². The lowest BCUT2D eigenvalue weighted by molar-refractivity contribution is -0.116. The summed E-state index contributed by atoms with van der Waals surface area (Å²) in [5.74, 6) is 1.04. The van der Waals surface area contributed by atoms with Crippen LogP contribution in [0.25, 0.3) is 0 Å². The fourth-order valence-electron chi connectivity index (χ4n) is 2.36. The van der Waals surface area contributed by atoms with Crippen molar-refractivity contribution in [2.24, 2.45) is 11.8 Å². The van der Waals surface area contributed by atoms with E-state index in [2.05, 4.69) is 6.92 Å². The van der Waals surface area contributed by atoms with Crippen LogP contribution in [0.2, 0.25) is 0 Å². The van der Waals surface area contributed by atoms with Crippen LogP contribution in [0.15, 0.2) is 0 Å². The molecule has 0 radical (unpaired) electrons. The van der Waals surface area contributed by atoms with Gasteiger partial charge in [0, 0.05) is 5.92 Å². The maximum absolute atomic E-state index is 10.9. The van der Waals surface area contributed by atoms with E-state index in [1.165, 1.54) is 38.5 Å². The summed E-state index contributed by atoms with van der Waals surface area (Å²) in [6.07, 6.45) is 9.86. The number of unbranched alkanes of at least 4 members (excludes halogenated alkanes) is 2. The SMILES string of the molecule is CCCCCC1CCC(C(=O)Cl)CC1. The van der Waals surface area contributed by atoms with Crippen molar-refractivity contribution in [2.45, 2.75) is 58.3 Å². The van der Waals surface area contributed by atoms with Crippen molar-refractivity contribution in [3.8, 4) is 0 Å². The van der Waals surface area contributed by atoms with Gasteiger partial charge in [-0.15, -0.1) is 0 Å². The monoisotopic (exact) mass is 216 g/mol. The van der Waals surface area contributed by atoms with Crippen molar-refractivity contribution in [1.29, 1.82) is 0 Å². The molecular formula is C12H21ClO. The molecule has 0 amide bonds. The van der Waals surface area contributed by atoms with E-state index in [1.54, 1.807) is 0 Å². The van der Waals surface area contributed by atoms with E-state index in [-0.39, 0.29) is 11.2 Å². The zero-order chi connectivity index (χ0) is 10.4. The maximum Gasteiger partial charge on any atom is 0.224 e. The molecule has 1 fully saturated rings. The Morgan fingerprint density at radius 1 is 1.21 bits per heavy atom. The Morgan fingerprint density at radius 3 is 2.36 bits per heavy atom. The summed E-state index contributed by atoms with van der Waals surface area (Å²) in [5, 5.41) is -0.114. The van der Waals surface area contributed by atoms with Crippen LogP contribution in [0.3, 0.4) is 0 Å². The minimum atomic E-state index is -0.114. The highest BCUT2D eigenvalue weighted by molar-refractivity contribution is 6.63. The molecule has 1 saturated carbocycles. The van der Waals surface area contributed by atoms with Crippen molar-refractivity contribution in [3.63, 3.8) is 0 Å². The number of hydrogen-bond acceptors (Lipinski definition) is 1. The van der Waals surface area contributed by atoms with Gasteiger partial charge >= 0.3 is 0 Å². The molecule has 0 spiro atoms. The third kappa shape index (κ3) is 4.00. The van der Waals surface area contributed by atoms with Gasteiger partial charge in [0.15, 0.2) is 0 Å². The van der Waals surface area contributed by atoms with E-state index in [9.17, 15) is 4.79 Å². The van der Waals surface area contributed by atoms with Gasteiger partial charge in [-0.25, -0.2) is 0 Å². The summed E-state index contributed by atoms with van der Waals surface area (Å²) in [4.78, 5) is 10.9. The number of carbonyl (C=O) groups excluding carboxylic acids is 1. The Kier molecular flexibility index (Phi) is 5.54. The molecule has 1 aliphatic rings. The van der Waals surface area contributed by atoms with Gasteiger partial charge < -0.3 is 0 Å². The highest BCUT2D eigenvalue weighted by atomic mass is 35.5. The maximum atomic E-state index is 10.9. The zero-order valence-corrected chi connectivity index (χ0v) is 9.85. The van der Waals surface area contributed by atoms with Crippen molar-refractivity contribution in [2.75, 3.05) is 0 Å². The van der Waals surface area contributed by atoms with E-state index in [1.807, 2.05) is 0 Å². The van der Waals surface area contributed by atoms with Crippen LogP contribution in [-0.2, 0) is 4.79 Å². The van der Waals surface area contributed by atoms with Crippen LogP contribution in [0, 0.1) is 11.8 Å². The van der Waals surface area contributed by atoms with E-state index in [4.69, 9.17) is 11.6 Å². The average Bonchev–Trinajstić information content (AvgIpc) is 2.19. The Bertz CT molecular complexity index is 171. The van der Waals surface area contributed by atoms with Gasteiger partial charge in [0.1, 0.15) is 0 Å². The molecule has 14 heavy (non-hydrogen) atoms. The molecule has 0 aromatic rings. The van der Waals surface area contributed by atoms with Crippen molar-refractivity contribution in [3.05, 3.63) is 0 Å². The standard InChI is InChI=1S/C12H21ClO/c1-2-3-4-5-10-6-8-11(9-7-10)12(13)14/h10-11H,2-9H2,1H3. The number of hydrogen-bond donors (Lipinski definition) is 0. The summed E-state index contributed by atoms with van der Waals surface area (Å²) in [7, 11) is 0. The molecule has 0 aromatic carbocycles. The molecule has 1 nitrogen and oxygen atoms in total. The smallest absolute Gasteiger partial charge is 0.224 e. The molecule has 2 heteroatoms. The zero-order valence-electron chi connectivity index (χ0n) is 9.10. The van der Waals surface area contributed by atoms with Gasteiger partial charge in [0.25, 0.3) is 0 Å². The van der Waals surface area contributed by atoms with Crippen LogP contribution in [0.4, 0.5) is 0 Å². The van der Waals surface area contributed by atoms with Crippen LogP contribution in [0.5, 0.6) is 0 Å². The van der Waals surface area contributed by atoms with Gasteiger partial charge in [0.05, 0.1) is 0 Å². The first-order chi connectivity index (χ1) is 6.74. The summed E-state index contributed by atoms with van der Waals surface area (Å²) in [5.41, 5.74) is 0. The lowest BCUT2D eigenvalue weighted by atomic mass is 9.80. The minimum Gasteiger partial charge on any atom is -0.281 e. The molecule has 0 saturated heterocycles. The number of halogens is 1. The Morgan fingerprint density at radius 2 is 1.86 bits per heavy atom. The molecule has 0 bridgehead atoms. The topological polar surface area (TPSA) is 17.1 Å². The van der Waals surface area contributed by atoms with Gasteiger partial charge in [-0.05, 0) is 43.2 Å². The molecular weight excluding hydrogens is 196 g/mol. The van der Waals surface area contributed by atoms with Crippen LogP contribution in [0.1, 0.15) is 58.3 Å². The summed E-state index contributed by atoms with van der Waals surface area (Å²) >= 11 is 5.49. The fourth-order valence-corrected chi connectivity index (χ4v) is 2.58. The molecule has 0 aliphatic heterocycles. The molecule has 0 heterocycles. The molecule has 0 aromatic heterocycles. The molecule has 1 aliphatic carbocycles. The molecule has 1 rings (SSSR count). The first kappa shape index (κ1) is 12.0. The fraction of sp³-hybridized carbons (Fsp3) is 0.917. The third-order valence-electron chi connectivity index (χ3n) is 3.38. The minimum absolute atomic E-state index is 0.114. The predicted octanol–water partition coefficient (Wildman–Crippen LogP) is 4.14. The molecule has 0 unspecified atom stereocenters. The summed E-state index contributed by atoms with van der Waals surface area (Å²) in [6.45, 7) is 2.24. The molecule has 0 N–H and O–H groups in total. The Balaban J connectivity index is 2.12. The normalized spacial score (nSPS) is 27.6. The second kappa shape index (κ2) is 6.44. The first-order valence-electron chi connectivity index (χ1n) is 5.93. The second-order valence-electron chi connectivity index (χ2n) is 4.52. The van der Waals surface area contributed by atoms with E-state index in [0.29, 0.717) is 0 Å². The Hall–Kier alpha value is -0.0400. The highest BCUT2D eigenvalue weighted by Gasteiger charge is 2.24. The molecule has 82 valence electrons. The van der Waals surface area contributed by atoms with Gasteiger partial charge in [-0.2, -0.15) is 0 Å². The highest BCUT2D eigenvalue weighted by Crippen LogP contribution is 2.32. The van der Waals surface area contributed by atoms with Gasteiger partial charge in [0.2, 0.25) is 5.24 Å². The van der Waals surface area contributed by atoms with Crippen molar-refractivity contribution in [1.82, 2.24) is 0 Å². The average molecular weight is 217 g/mol. The lowest BCUT2D eigenvalue weighted by Gasteiger charge is -2.26. The number of rotatable bonds is 5. The first-order valence-corrected chi connectivity index (χ1v) is 6.31. The van der Waals surface area contributed by atoms with E-state index < -0.39 is 0 Å². The van der Waals surface area contributed by atoms with Crippen molar-refractivity contribution >= 4 is 16.8 Å². The quantitative estimate of drug-likeness (QED) is 0.499. The van der Waals surface area contributed by atoms with Crippen LogP contribution >= 0.6 is 11.6 Å². The van der Waals surface area contributed by atoms with Crippen LogP contribution < -0.4 is 0 Å². The van der Waals surface area contributed by atoms with Crippen molar-refractivity contribution < 1.29 is 4.79 Å². The molecule has 0 atom stereocenters. The number of carbonyl (C=O) groups is 1. The third-order valence-corrected chi connectivity index (χ3v) is 3.69. The van der Waals surface area contributed by atoms with Gasteiger partial charge in [-0.1, -0.05) is 32.6 Å². The predicted molar refractivity (Wildman–Crippen MR) is 60.5 cm³/mol. The lowest BCUT2D eigenvalue weighted by Crippen LogP contribution is -2.18. The Labute approximate surface area is 92.2 Å². The largest absolute Gasteiger partial charge is 0.281 e. The van der Waals surface area contributed by atoms with Gasteiger partial charge in [-0.3, -0.25) is 4.79 Å². The summed E-state index contributed by atoms with van der Waals surface area (Å²) in [6, 6.07) is 0. The second-order valence-corrected chi connectivity index (χ2v) is 4.89. The van der Waals surface area contributed by atoms with E-state index in [0.717, 1.165) is 18.8 Å².